The van der Waals surface area contributed by atoms with Crippen LogP contribution in [0.15, 0.2) is 28.8 Å². The number of nitrogens with zero attached hydrogens (tertiary/aromatic N) is 2. The van der Waals surface area contributed by atoms with Gasteiger partial charge in [-0.25, -0.2) is 0 Å². The zero-order valence-electron chi connectivity index (χ0n) is 13.0. The lowest BCUT2D eigenvalue weighted by Crippen LogP contribution is -2.22. The van der Waals surface area contributed by atoms with Crippen molar-refractivity contribution >= 4 is 11.6 Å². The minimum absolute atomic E-state index is 0.104. The van der Waals surface area contributed by atoms with Crippen molar-refractivity contribution in [3.8, 4) is 0 Å². The Hall–Kier alpha value is -1.26. The molecule has 0 saturated carbocycles. The Bertz CT molecular complexity index is 545. The average Bonchev–Trinajstić information content (AvgIpc) is 3.09. The second-order valence-corrected chi connectivity index (χ2v) is 5.59. The highest BCUT2D eigenvalue weighted by atomic mass is 35.5. The van der Waals surface area contributed by atoms with Crippen molar-refractivity contribution in [2.45, 2.75) is 52.1 Å². The minimum atomic E-state index is 0.104. The smallest absolute Gasteiger partial charge is 0.193 e. The van der Waals surface area contributed by atoms with Gasteiger partial charge in [0, 0.05) is 12.6 Å². The number of likely N-dealkylation sites (N-methyl/N-ethyl adjacent to an activating group) is 1. The molecule has 2 aromatic heterocycles. The summed E-state index contributed by atoms with van der Waals surface area (Å²) < 4.78 is 7.61. The molecular weight excluding hydrogens is 286 g/mol. The van der Waals surface area contributed by atoms with E-state index in [-0.39, 0.29) is 6.04 Å². The van der Waals surface area contributed by atoms with E-state index in [0.29, 0.717) is 11.3 Å². The van der Waals surface area contributed by atoms with Crippen molar-refractivity contribution in [1.82, 2.24) is 15.1 Å². The second-order valence-electron chi connectivity index (χ2n) is 5.21. The molecule has 0 amide bonds. The summed E-state index contributed by atoms with van der Waals surface area (Å²) >= 11 is 5.88. The molecule has 0 bridgehead atoms. The van der Waals surface area contributed by atoms with Crippen molar-refractivity contribution in [1.29, 1.82) is 0 Å². The molecule has 0 spiro atoms. The van der Waals surface area contributed by atoms with E-state index < -0.39 is 0 Å². The number of nitrogens with one attached hydrogen (secondary N) is 1. The molecule has 21 heavy (non-hydrogen) atoms. The monoisotopic (exact) mass is 309 g/mol. The summed E-state index contributed by atoms with van der Waals surface area (Å²) in [4.78, 5) is 0. The third-order valence-electron chi connectivity index (χ3n) is 3.78. The summed E-state index contributed by atoms with van der Waals surface area (Å²) in [6, 6.07) is 6.38. The SMILES string of the molecule is CCNC(Cc1ccn(C(CC)CC)n1)c1ccc(Cl)o1. The lowest BCUT2D eigenvalue weighted by molar-refractivity contribution is 0.403. The zero-order chi connectivity index (χ0) is 15.2. The highest BCUT2D eigenvalue weighted by Crippen LogP contribution is 2.23. The number of rotatable bonds is 8. The minimum Gasteiger partial charge on any atom is -0.448 e. The normalized spacial score (nSPS) is 13.0. The first-order valence-electron chi connectivity index (χ1n) is 7.70. The predicted octanol–water partition coefficient (Wildman–Crippen LogP) is 4.38. The molecule has 0 saturated heterocycles. The molecule has 2 rings (SSSR count). The van der Waals surface area contributed by atoms with E-state index >= 15 is 0 Å². The van der Waals surface area contributed by atoms with E-state index in [0.717, 1.165) is 37.3 Å². The summed E-state index contributed by atoms with van der Waals surface area (Å²) in [5, 5.41) is 8.56. The standard InChI is InChI=1S/C16H24ClN3O/c1-4-13(5-2)20-10-9-12(19-20)11-14(18-6-3)15-7-8-16(17)21-15/h7-10,13-14,18H,4-6,11H2,1-3H3. The predicted molar refractivity (Wildman–Crippen MR) is 85.7 cm³/mol. The van der Waals surface area contributed by atoms with Crippen molar-refractivity contribution in [3.05, 3.63) is 41.1 Å². The summed E-state index contributed by atoms with van der Waals surface area (Å²) in [6.07, 6.45) is 5.07. The Kier molecular flexibility index (Phi) is 5.88. The van der Waals surface area contributed by atoms with E-state index in [9.17, 15) is 0 Å². The van der Waals surface area contributed by atoms with Crippen molar-refractivity contribution < 1.29 is 4.42 Å². The van der Waals surface area contributed by atoms with E-state index in [1.54, 1.807) is 6.07 Å². The first-order chi connectivity index (χ1) is 10.2. The lowest BCUT2D eigenvalue weighted by atomic mass is 10.1. The quantitative estimate of drug-likeness (QED) is 0.786. The molecule has 0 aliphatic carbocycles. The van der Waals surface area contributed by atoms with Crippen molar-refractivity contribution in [3.63, 3.8) is 0 Å². The third kappa shape index (κ3) is 4.11. The Balaban J connectivity index is 2.10. The molecule has 0 fully saturated rings. The zero-order valence-corrected chi connectivity index (χ0v) is 13.7. The molecule has 2 heterocycles. The molecule has 5 heteroatoms. The van der Waals surface area contributed by atoms with Crippen LogP contribution in [0.3, 0.4) is 0 Å². The summed E-state index contributed by atoms with van der Waals surface area (Å²) in [5.74, 6) is 0.860. The van der Waals surface area contributed by atoms with Gasteiger partial charge in [0.25, 0.3) is 0 Å². The van der Waals surface area contributed by atoms with Gasteiger partial charge in [-0.3, -0.25) is 4.68 Å². The van der Waals surface area contributed by atoms with Crippen LogP contribution in [-0.4, -0.2) is 16.3 Å². The largest absolute Gasteiger partial charge is 0.448 e. The van der Waals surface area contributed by atoms with Gasteiger partial charge < -0.3 is 9.73 Å². The molecule has 1 unspecified atom stereocenters. The van der Waals surface area contributed by atoms with Gasteiger partial charge in [0.05, 0.1) is 17.8 Å². The summed E-state index contributed by atoms with van der Waals surface area (Å²) in [6.45, 7) is 7.35. The number of aromatic nitrogens is 2. The van der Waals surface area contributed by atoms with Gasteiger partial charge >= 0.3 is 0 Å². The van der Waals surface area contributed by atoms with Crippen LogP contribution in [-0.2, 0) is 6.42 Å². The molecular formula is C16H24ClN3O. The maximum absolute atomic E-state index is 5.88. The van der Waals surface area contributed by atoms with Gasteiger partial charge in [0.2, 0.25) is 0 Å². The molecule has 0 aromatic carbocycles. The molecule has 1 N–H and O–H groups in total. The van der Waals surface area contributed by atoms with Crippen LogP contribution in [0.25, 0.3) is 0 Å². The highest BCUT2D eigenvalue weighted by molar-refractivity contribution is 6.28. The Morgan fingerprint density at radius 2 is 2.00 bits per heavy atom. The fraction of sp³-hybridized carbons (Fsp3) is 0.562. The number of hydrogen-bond acceptors (Lipinski definition) is 3. The van der Waals surface area contributed by atoms with Crippen LogP contribution in [0, 0.1) is 0 Å². The molecule has 2 aromatic rings. The van der Waals surface area contributed by atoms with E-state index in [1.807, 2.05) is 6.07 Å². The Morgan fingerprint density at radius 1 is 1.24 bits per heavy atom. The number of hydrogen-bond donors (Lipinski definition) is 1. The van der Waals surface area contributed by atoms with Gasteiger partial charge in [-0.2, -0.15) is 5.10 Å². The van der Waals surface area contributed by atoms with Gasteiger partial charge in [0.1, 0.15) is 5.76 Å². The van der Waals surface area contributed by atoms with Crippen LogP contribution in [0.5, 0.6) is 0 Å². The molecule has 0 aliphatic rings. The van der Waals surface area contributed by atoms with Crippen LogP contribution in [0.1, 0.15) is 57.2 Å². The summed E-state index contributed by atoms with van der Waals surface area (Å²) in [5.41, 5.74) is 1.07. The molecule has 4 nitrogen and oxygen atoms in total. The molecule has 0 aliphatic heterocycles. The topological polar surface area (TPSA) is 43.0 Å². The lowest BCUT2D eigenvalue weighted by Gasteiger charge is -2.15. The average molecular weight is 310 g/mol. The van der Waals surface area contributed by atoms with Gasteiger partial charge in [-0.1, -0.05) is 20.8 Å². The second kappa shape index (κ2) is 7.66. The fourth-order valence-corrected chi connectivity index (χ4v) is 2.75. The fourth-order valence-electron chi connectivity index (χ4n) is 2.60. The van der Waals surface area contributed by atoms with E-state index in [2.05, 4.69) is 43.0 Å². The Labute approximate surface area is 131 Å². The van der Waals surface area contributed by atoms with Crippen molar-refractivity contribution in [2.75, 3.05) is 6.54 Å². The van der Waals surface area contributed by atoms with Gasteiger partial charge in [0.15, 0.2) is 5.22 Å². The van der Waals surface area contributed by atoms with Gasteiger partial charge in [-0.15, -0.1) is 0 Å². The van der Waals surface area contributed by atoms with Crippen LogP contribution in [0.2, 0.25) is 5.22 Å². The van der Waals surface area contributed by atoms with E-state index in [1.165, 1.54) is 0 Å². The molecule has 1 atom stereocenters. The molecule has 0 radical (unpaired) electrons. The van der Waals surface area contributed by atoms with Gasteiger partial charge in [-0.05, 0) is 49.2 Å². The number of halogens is 1. The van der Waals surface area contributed by atoms with Crippen LogP contribution >= 0.6 is 11.6 Å². The maximum atomic E-state index is 5.88. The molecule has 116 valence electrons. The third-order valence-corrected chi connectivity index (χ3v) is 3.98. The highest BCUT2D eigenvalue weighted by Gasteiger charge is 2.17. The van der Waals surface area contributed by atoms with Crippen LogP contribution in [0.4, 0.5) is 0 Å². The summed E-state index contributed by atoms with van der Waals surface area (Å²) in [7, 11) is 0. The Morgan fingerprint density at radius 3 is 2.57 bits per heavy atom. The number of furan rings is 1. The van der Waals surface area contributed by atoms with E-state index in [4.69, 9.17) is 21.1 Å². The first kappa shape index (κ1) is 16.1. The first-order valence-corrected chi connectivity index (χ1v) is 8.08. The van der Waals surface area contributed by atoms with Crippen LogP contribution < -0.4 is 5.32 Å². The maximum Gasteiger partial charge on any atom is 0.193 e. The van der Waals surface area contributed by atoms with Crippen molar-refractivity contribution in [2.24, 2.45) is 0 Å².